The zero-order valence-corrected chi connectivity index (χ0v) is 19.2. The van der Waals surface area contributed by atoms with E-state index in [1.165, 1.54) is 6.07 Å². The summed E-state index contributed by atoms with van der Waals surface area (Å²) in [5.41, 5.74) is 2.67. The Hall–Kier alpha value is -2.97. The Labute approximate surface area is 195 Å². The number of carboxylic acid groups (broad SMARTS) is 1. The maximum absolute atomic E-state index is 13.6. The van der Waals surface area contributed by atoms with Gasteiger partial charge >= 0.3 is 5.97 Å². The van der Waals surface area contributed by atoms with Crippen LogP contribution in [0.5, 0.6) is 0 Å². The lowest BCUT2D eigenvalue weighted by atomic mass is 9.95. The maximum Gasteiger partial charge on any atom is 0.311 e. The summed E-state index contributed by atoms with van der Waals surface area (Å²) >= 11 is 5.98. The van der Waals surface area contributed by atoms with Crippen LogP contribution in [0.25, 0.3) is 11.0 Å². The van der Waals surface area contributed by atoms with Crippen LogP contribution in [0.4, 0.5) is 4.39 Å². The molecule has 0 radical (unpaired) electrons. The standard InChI is InChI=1S/C24H25ClFN3O4/c1-24(2,23(31)32)14-33-13-21(30)28-9-7-16-17-4-3-8-27-22(17)29(20(16)12-28)11-15-5-6-19(26)18(25)10-15/h3-6,8,10H,7,9,11-14H2,1-2H3,(H,31,32). The fourth-order valence-electron chi connectivity index (χ4n) is 4.01. The summed E-state index contributed by atoms with van der Waals surface area (Å²) < 4.78 is 21.1. The molecule has 7 nitrogen and oxygen atoms in total. The van der Waals surface area contributed by atoms with Crippen LogP contribution in [-0.4, -0.2) is 51.2 Å². The van der Waals surface area contributed by atoms with Crippen molar-refractivity contribution in [1.29, 1.82) is 0 Å². The Morgan fingerprint density at radius 3 is 2.82 bits per heavy atom. The lowest BCUT2D eigenvalue weighted by molar-refractivity contribution is -0.153. The second-order valence-electron chi connectivity index (χ2n) is 8.88. The molecule has 1 aliphatic heterocycles. The molecule has 3 aromatic rings. The number of fused-ring (bicyclic) bond motifs is 3. The lowest BCUT2D eigenvalue weighted by Gasteiger charge is -2.29. The minimum Gasteiger partial charge on any atom is -0.481 e. The second-order valence-corrected chi connectivity index (χ2v) is 9.29. The Balaban J connectivity index is 1.56. The molecule has 1 aliphatic rings. The van der Waals surface area contributed by atoms with Gasteiger partial charge in [0, 0.05) is 30.4 Å². The van der Waals surface area contributed by atoms with Crippen molar-refractivity contribution in [1.82, 2.24) is 14.5 Å². The van der Waals surface area contributed by atoms with Crippen LogP contribution in [0.15, 0.2) is 36.5 Å². The highest BCUT2D eigenvalue weighted by Gasteiger charge is 2.30. The van der Waals surface area contributed by atoms with Gasteiger partial charge in [-0.2, -0.15) is 0 Å². The summed E-state index contributed by atoms with van der Waals surface area (Å²) in [6.07, 6.45) is 2.39. The summed E-state index contributed by atoms with van der Waals surface area (Å²) in [5.74, 6) is -1.65. The summed E-state index contributed by atoms with van der Waals surface area (Å²) in [7, 11) is 0. The third-order valence-electron chi connectivity index (χ3n) is 5.96. The van der Waals surface area contributed by atoms with E-state index >= 15 is 0 Å². The van der Waals surface area contributed by atoms with Gasteiger partial charge in [0.15, 0.2) is 0 Å². The van der Waals surface area contributed by atoms with Crippen LogP contribution in [-0.2, 0) is 33.8 Å². The minimum atomic E-state index is -1.07. The van der Waals surface area contributed by atoms with E-state index in [0.717, 1.165) is 27.9 Å². The lowest BCUT2D eigenvalue weighted by Crippen LogP contribution is -2.40. The molecule has 0 saturated carbocycles. The highest BCUT2D eigenvalue weighted by atomic mass is 35.5. The molecule has 3 heterocycles. The number of aromatic nitrogens is 2. The molecule has 0 spiro atoms. The third kappa shape index (κ3) is 4.72. The van der Waals surface area contributed by atoms with Crippen molar-refractivity contribution in [3.8, 4) is 0 Å². The predicted octanol–water partition coefficient (Wildman–Crippen LogP) is 3.89. The van der Waals surface area contributed by atoms with Crippen molar-refractivity contribution in [3.05, 3.63) is 64.2 Å². The Bertz CT molecular complexity index is 1220. The van der Waals surface area contributed by atoms with Gasteiger partial charge in [0.05, 0.1) is 23.6 Å². The molecule has 0 saturated heterocycles. The van der Waals surface area contributed by atoms with Crippen molar-refractivity contribution in [2.75, 3.05) is 19.8 Å². The van der Waals surface area contributed by atoms with E-state index in [9.17, 15) is 19.1 Å². The van der Waals surface area contributed by atoms with Gasteiger partial charge in [0.25, 0.3) is 0 Å². The molecule has 0 unspecified atom stereocenters. The molecule has 1 N–H and O–H groups in total. The molecular formula is C24H25ClFN3O4. The average molecular weight is 474 g/mol. The van der Waals surface area contributed by atoms with Gasteiger partial charge in [-0.15, -0.1) is 0 Å². The number of hydrogen-bond acceptors (Lipinski definition) is 4. The van der Waals surface area contributed by atoms with E-state index in [-0.39, 0.29) is 24.1 Å². The molecule has 1 aromatic carbocycles. The van der Waals surface area contributed by atoms with E-state index in [2.05, 4.69) is 4.98 Å². The van der Waals surface area contributed by atoms with Crippen LogP contribution >= 0.6 is 11.6 Å². The molecule has 9 heteroatoms. The van der Waals surface area contributed by atoms with Crippen LogP contribution < -0.4 is 0 Å². The number of ether oxygens (including phenoxy) is 1. The molecule has 2 aromatic heterocycles. The average Bonchev–Trinajstić information content (AvgIpc) is 3.09. The van der Waals surface area contributed by atoms with Crippen molar-refractivity contribution in [2.45, 2.75) is 33.4 Å². The smallest absolute Gasteiger partial charge is 0.311 e. The van der Waals surface area contributed by atoms with Crippen molar-refractivity contribution < 1.29 is 23.8 Å². The number of benzene rings is 1. The fourth-order valence-corrected chi connectivity index (χ4v) is 4.21. The largest absolute Gasteiger partial charge is 0.481 e. The highest BCUT2D eigenvalue weighted by Crippen LogP contribution is 2.31. The molecule has 0 fully saturated rings. The summed E-state index contributed by atoms with van der Waals surface area (Å²) in [4.78, 5) is 30.3. The normalized spacial score (nSPS) is 13.9. The van der Waals surface area contributed by atoms with Crippen LogP contribution in [0.2, 0.25) is 5.02 Å². The SMILES string of the molecule is CC(C)(COCC(=O)N1CCc2c(n(Cc3ccc(F)c(Cl)c3)c3ncccc23)C1)C(=O)O. The first-order chi connectivity index (χ1) is 15.7. The topological polar surface area (TPSA) is 84.7 Å². The number of aliphatic carboxylic acids is 1. The van der Waals surface area contributed by atoms with Gasteiger partial charge in [-0.1, -0.05) is 17.7 Å². The van der Waals surface area contributed by atoms with Gasteiger partial charge in [0.2, 0.25) is 5.91 Å². The summed E-state index contributed by atoms with van der Waals surface area (Å²) in [6, 6.07) is 8.53. The summed E-state index contributed by atoms with van der Waals surface area (Å²) in [5, 5.41) is 10.3. The Kier molecular flexibility index (Phi) is 6.41. The molecule has 174 valence electrons. The molecule has 1 amide bonds. The molecular weight excluding hydrogens is 449 g/mol. The minimum absolute atomic E-state index is 0.0529. The van der Waals surface area contributed by atoms with Crippen LogP contribution in [0.1, 0.15) is 30.7 Å². The van der Waals surface area contributed by atoms with Crippen molar-refractivity contribution in [3.63, 3.8) is 0 Å². The zero-order valence-electron chi connectivity index (χ0n) is 18.5. The fraction of sp³-hybridized carbons (Fsp3) is 0.375. The van der Waals surface area contributed by atoms with Crippen LogP contribution in [0, 0.1) is 11.2 Å². The first kappa shape index (κ1) is 23.2. The Morgan fingerprint density at radius 2 is 2.09 bits per heavy atom. The quantitative estimate of drug-likeness (QED) is 0.562. The van der Waals surface area contributed by atoms with Gasteiger partial charge in [-0.05, 0) is 55.7 Å². The number of nitrogens with zero attached hydrogens (tertiary/aromatic N) is 3. The molecule has 0 aliphatic carbocycles. The molecule has 0 atom stereocenters. The third-order valence-corrected chi connectivity index (χ3v) is 6.25. The number of pyridine rings is 1. The monoisotopic (exact) mass is 473 g/mol. The highest BCUT2D eigenvalue weighted by molar-refractivity contribution is 6.30. The van der Waals surface area contributed by atoms with Crippen molar-refractivity contribution in [2.24, 2.45) is 5.41 Å². The second kappa shape index (κ2) is 9.11. The number of amides is 1. The van der Waals surface area contributed by atoms with Crippen LogP contribution in [0.3, 0.4) is 0 Å². The van der Waals surface area contributed by atoms with Gasteiger partial charge in [-0.3, -0.25) is 9.59 Å². The number of halogens is 2. The molecule has 33 heavy (non-hydrogen) atoms. The zero-order chi connectivity index (χ0) is 23.8. The first-order valence-corrected chi connectivity index (χ1v) is 11.0. The Morgan fingerprint density at radius 1 is 1.30 bits per heavy atom. The summed E-state index contributed by atoms with van der Waals surface area (Å²) in [6.45, 7) is 4.23. The maximum atomic E-state index is 13.6. The van der Waals surface area contributed by atoms with Gasteiger partial charge in [0.1, 0.15) is 18.1 Å². The number of carboxylic acids is 1. The van der Waals surface area contributed by atoms with Gasteiger partial charge < -0.3 is 19.3 Å². The van der Waals surface area contributed by atoms with Gasteiger partial charge in [-0.25, -0.2) is 9.37 Å². The molecule has 4 rings (SSSR count). The van der Waals surface area contributed by atoms with E-state index in [0.29, 0.717) is 26.1 Å². The van der Waals surface area contributed by atoms with E-state index in [1.54, 1.807) is 37.1 Å². The molecule has 0 bridgehead atoms. The predicted molar refractivity (Wildman–Crippen MR) is 122 cm³/mol. The first-order valence-electron chi connectivity index (χ1n) is 10.6. The number of hydrogen-bond donors (Lipinski definition) is 1. The van der Waals surface area contributed by atoms with Crippen molar-refractivity contribution >= 4 is 34.5 Å². The van der Waals surface area contributed by atoms with E-state index in [4.69, 9.17) is 16.3 Å². The number of rotatable bonds is 7. The number of carbonyl (C=O) groups is 2. The van der Waals surface area contributed by atoms with E-state index < -0.39 is 17.2 Å². The number of carbonyl (C=O) groups excluding carboxylic acids is 1. The van der Waals surface area contributed by atoms with E-state index in [1.807, 2.05) is 16.7 Å².